The maximum atomic E-state index is 13.9. The van der Waals surface area contributed by atoms with E-state index in [9.17, 15) is 13.6 Å². The number of amides is 1. The molecule has 1 aliphatic carbocycles. The molecule has 0 unspecified atom stereocenters. The molecule has 1 aromatic carbocycles. The van der Waals surface area contributed by atoms with Crippen LogP contribution < -0.4 is 10.2 Å². The second-order valence-corrected chi connectivity index (χ2v) is 10.5. The highest BCUT2D eigenvalue weighted by molar-refractivity contribution is 6.33. The molecule has 33 heavy (non-hydrogen) atoms. The first-order valence-corrected chi connectivity index (χ1v) is 11.7. The molecule has 2 aliphatic rings. The molecule has 0 radical (unpaired) electrons. The van der Waals surface area contributed by atoms with E-state index in [1.165, 1.54) is 6.20 Å². The van der Waals surface area contributed by atoms with Crippen molar-refractivity contribution in [2.75, 3.05) is 18.0 Å². The van der Waals surface area contributed by atoms with Gasteiger partial charge < -0.3 is 15.0 Å². The Morgan fingerprint density at radius 3 is 2.58 bits per heavy atom. The minimum Gasteiger partial charge on any atom is -0.371 e. The molecule has 2 aromatic rings. The molecule has 1 N–H and O–H groups in total. The van der Waals surface area contributed by atoms with Crippen molar-refractivity contribution in [3.8, 4) is 0 Å². The molecular weight excluding hydrogens is 448 g/mol. The van der Waals surface area contributed by atoms with Crippen molar-refractivity contribution in [3.05, 3.63) is 58.7 Å². The van der Waals surface area contributed by atoms with Crippen LogP contribution in [0.4, 0.5) is 14.6 Å². The Hall–Kier alpha value is -2.25. The first-order chi connectivity index (χ1) is 15.5. The van der Waals surface area contributed by atoms with Crippen LogP contribution in [0.15, 0.2) is 42.6 Å². The molecule has 1 aliphatic heterocycles. The second kappa shape index (κ2) is 8.84. The van der Waals surface area contributed by atoms with Crippen molar-refractivity contribution in [2.24, 2.45) is 0 Å². The predicted octanol–water partition coefficient (Wildman–Crippen LogP) is 5.57. The molecule has 1 atom stereocenters. The molecule has 8 heteroatoms. The number of benzene rings is 1. The zero-order chi connectivity index (χ0) is 23.9. The monoisotopic (exact) mass is 477 g/mol. The zero-order valence-corrected chi connectivity index (χ0v) is 20.0. The van der Waals surface area contributed by atoms with E-state index < -0.39 is 30.2 Å². The number of pyridine rings is 1. The van der Waals surface area contributed by atoms with Crippen LogP contribution in [0.3, 0.4) is 0 Å². The summed E-state index contributed by atoms with van der Waals surface area (Å²) >= 11 is 6.32. The van der Waals surface area contributed by atoms with Crippen molar-refractivity contribution in [1.82, 2.24) is 10.3 Å². The van der Waals surface area contributed by atoms with Gasteiger partial charge in [0.1, 0.15) is 5.82 Å². The number of carbonyl (C=O) groups is 1. The van der Waals surface area contributed by atoms with E-state index in [-0.39, 0.29) is 22.3 Å². The highest BCUT2D eigenvalue weighted by Gasteiger charge is 2.58. The molecule has 4 rings (SSSR count). The number of rotatable bonds is 5. The van der Waals surface area contributed by atoms with Gasteiger partial charge in [0.25, 0.3) is 11.8 Å². The highest BCUT2D eigenvalue weighted by atomic mass is 35.5. The highest BCUT2D eigenvalue weighted by Crippen LogP contribution is 2.51. The first kappa shape index (κ1) is 23.9. The smallest absolute Gasteiger partial charge is 0.253 e. The van der Waals surface area contributed by atoms with Crippen molar-refractivity contribution >= 4 is 23.3 Å². The Balaban J connectivity index is 1.54. The van der Waals surface area contributed by atoms with Crippen LogP contribution >= 0.6 is 11.6 Å². The van der Waals surface area contributed by atoms with Gasteiger partial charge in [-0.1, -0.05) is 41.9 Å². The number of piperidine rings is 1. The normalized spacial score (nSPS) is 21.9. The molecule has 2 heterocycles. The van der Waals surface area contributed by atoms with Gasteiger partial charge in [0.05, 0.1) is 27.8 Å². The number of hydrogen-bond acceptors (Lipinski definition) is 4. The number of halogens is 3. The largest absolute Gasteiger partial charge is 0.371 e. The lowest BCUT2D eigenvalue weighted by atomic mass is 9.69. The summed E-state index contributed by atoms with van der Waals surface area (Å²) in [5.74, 6) is -2.67. The number of anilines is 1. The van der Waals surface area contributed by atoms with Gasteiger partial charge in [-0.15, -0.1) is 0 Å². The Morgan fingerprint density at radius 2 is 1.94 bits per heavy atom. The Labute approximate surface area is 198 Å². The fraction of sp³-hybridized carbons (Fsp3) is 0.520. The Bertz CT molecular complexity index is 1000. The summed E-state index contributed by atoms with van der Waals surface area (Å²) in [5.41, 5.74) is -0.479. The number of hydrogen-bond donors (Lipinski definition) is 1. The number of ether oxygens (including phenoxy) is 1. The van der Waals surface area contributed by atoms with Gasteiger partial charge in [-0.2, -0.15) is 0 Å². The molecule has 178 valence electrons. The summed E-state index contributed by atoms with van der Waals surface area (Å²) < 4.78 is 34.0. The molecule has 5 nitrogen and oxygen atoms in total. The lowest BCUT2D eigenvalue weighted by molar-refractivity contribution is -0.133. The van der Waals surface area contributed by atoms with E-state index in [1.807, 2.05) is 26.8 Å². The third-order valence-corrected chi connectivity index (χ3v) is 6.41. The van der Waals surface area contributed by atoms with Crippen LogP contribution in [0, 0.1) is 0 Å². The second-order valence-electron chi connectivity index (χ2n) is 10.1. The van der Waals surface area contributed by atoms with Crippen LogP contribution in [-0.2, 0) is 10.3 Å². The van der Waals surface area contributed by atoms with E-state index in [4.69, 9.17) is 16.3 Å². The van der Waals surface area contributed by atoms with Crippen LogP contribution in [-0.4, -0.2) is 41.6 Å². The number of aromatic nitrogens is 1. The third kappa shape index (κ3) is 5.46. The Morgan fingerprint density at radius 1 is 1.24 bits per heavy atom. The van der Waals surface area contributed by atoms with Crippen molar-refractivity contribution in [3.63, 3.8) is 0 Å². The first-order valence-electron chi connectivity index (χ1n) is 11.3. The molecule has 0 spiro atoms. The number of carbonyl (C=O) groups excluding carboxylic acids is 1. The third-order valence-electron chi connectivity index (χ3n) is 6.11. The standard InChI is InChI=1S/C25H30ClF2N3O2/c1-23(2,3)33-18-10-7-11-31(14-18)21-12-19(20(26)13-29-21)22(32)30-24(15-25(27,28)16-24)17-8-5-4-6-9-17/h4-6,8-9,12-13,18H,7,10-11,14-16H2,1-3H3,(H,30,32)/t18-/m1/s1. The number of alkyl halides is 2. The van der Waals surface area contributed by atoms with Gasteiger partial charge in [-0.05, 0) is 45.2 Å². The Kier molecular flexibility index (Phi) is 6.40. The molecule has 1 saturated carbocycles. The SMILES string of the molecule is CC(C)(C)O[C@@H]1CCCN(c2cc(C(=O)NC3(c4ccccc4)CC(F)(F)C3)c(Cl)cn2)C1. The van der Waals surface area contributed by atoms with Crippen molar-refractivity contribution in [1.29, 1.82) is 0 Å². The lowest BCUT2D eigenvalue weighted by Crippen LogP contribution is -2.59. The number of nitrogens with zero attached hydrogens (tertiary/aromatic N) is 2. The molecule has 1 saturated heterocycles. The van der Waals surface area contributed by atoms with E-state index in [2.05, 4.69) is 15.2 Å². The van der Waals surface area contributed by atoms with Crippen LogP contribution in [0.25, 0.3) is 0 Å². The molecule has 1 aromatic heterocycles. The van der Waals surface area contributed by atoms with Gasteiger partial charge in [0, 0.05) is 32.1 Å². The minimum atomic E-state index is -2.81. The van der Waals surface area contributed by atoms with Gasteiger partial charge >= 0.3 is 0 Å². The quantitative estimate of drug-likeness (QED) is 0.611. The summed E-state index contributed by atoms with van der Waals surface area (Å²) in [6.45, 7) is 7.54. The molecule has 0 bridgehead atoms. The van der Waals surface area contributed by atoms with Gasteiger partial charge in [-0.25, -0.2) is 13.8 Å². The van der Waals surface area contributed by atoms with E-state index >= 15 is 0 Å². The molecular formula is C25H30ClF2N3O2. The predicted molar refractivity (Wildman–Crippen MR) is 125 cm³/mol. The summed E-state index contributed by atoms with van der Waals surface area (Å²) in [6.07, 6.45) is 2.53. The van der Waals surface area contributed by atoms with Crippen molar-refractivity contribution in [2.45, 2.75) is 69.6 Å². The molecule has 1 amide bonds. The fourth-order valence-corrected chi connectivity index (χ4v) is 4.94. The molecule has 2 fully saturated rings. The van der Waals surface area contributed by atoms with E-state index in [1.54, 1.807) is 30.3 Å². The van der Waals surface area contributed by atoms with Crippen LogP contribution in [0.5, 0.6) is 0 Å². The zero-order valence-electron chi connectivity index (χ0n) is 19.2. The summed E-state index contributed by atoms with van der Waals surface area (Å²) in [4.78, 5) is 19.7. The minimum absolute atomic E-state index is 0.0621. The summed E-state index contributed by atoms with van der Waals surface area (Å²) in [6, 6.07) is 10.5. The van der Waals surface area contributed by atoms with E-state index in [0.717, 1.165) is 19.4 Å². The fourth-order valence-electron chi connectivity index (χ4n) is 4.75. The average Bonchev–Trinajstić information content (AvgIpc) is 2.72. The summed E-state index contributed by atoms with van der Waals surface area (Å²) in [7, 11) is 0. The van der Waals surface area contributed by atoms with Gasteiger partial charge in [0.2, 0.25) is 0 Å². The lowest BCUT2D eigenvalue weighted by Gasteiger charge is -2.48. The van der Waals surface area contributed by atoms with Crippen LogP contribution in [0.1, 0.15) is 62.4 Å². The topological polar surface area (TPSA) is 54.5 Å². The average molecular weight is 478 g/mol. The maximum Gasteiger partial charge on any atom is 0.253 e. The van der Waals surface area contributed by atoms with Crippen molar-refractivity contribution < 1.29 is 18.3 Å². The van der Waals surface area contributed by atoms with E-state index in [0.29, 0.717) is 17.9 Å². The maximum absolute atomic E-state index is 13.9. The van der Waals surface area contributed by atoms with Crippen LogP contribution in [0.2, 0.25) is 5.02 Å². The van der Waals surface area contributed by atoms with Gasteiger partial charge in [-0.3, -0.25) is 4.79 Å². The number of nitrogens with one attached hydrogen (secondary N) is 1. The summed E-state index contributed by atoms with van der Waals surface area (Å²) in [5, 5.41) is 3.04. The van der Waals surface area contributed by atoms with Gasteiger partial charge in [0.15, 0.2) is 0 Å².